The van der Waals surface area contributed by atoms with Crippen molar-refractivity contribution in [3.05, 3.63) is 24.2 Å². The Morgan fingerprint density at radius 1 is 1.63 bits per heavy atom. The smallest absolute Gasteiger partial charge is 0.237 e. The number of hydrogen-bond donors (Lipinski definition) is 2. The molecule has 1 aromatic rings. The maximum absolute atomic E-state index is 12.0. The highest BCUT2D eigenvalue weighted by Gasteiger charge is 2.42. The molecular weight excluding hydrogens is 242 g/mol. The Morgan fingerprint density at radius 2 is 2.37 bits per heavy atom. The molecule has 1 unspecified atom stereocenters. The first kappa shape index (κ1) is 14.1. The van der Waals surface area contributed by atoms with E-state index in [1.165, 1.54) is 0 Å². The van der Waals surface area contributed by atoms with Crippen LogP contribution in [-0.4, -0.2) is 35.5 Å². The Bertz CT molecular complexity index is 410. The van der Waals surface area contributed by atoms with Crippen molar-refractivity contribution in [3.63, 3.8) is 0 Å². The summed E-state index contributed by atoms with van der Waals surface area (Å²) in [6.45, 7) is 6.10. The standard InChI is InChI=1S/C14H23N3O2/c1-3-6-14(15)9-17(10-14)11(2)13(18)16-8-12-5-4-7-19-12/h4-5,7,11H,3,6,8-10,15H2,1-2H3,(H,16,18). The molecule has 0 aromatic carbocycles. The number of nitrogens with zero attached hydrogens (tertiary/aromatic N) is 1. The Kier molecular flexibility index (Phi) is 4.27. The predicted molar refractivity (Wildman–Crippen MR) is 73.4 cm³/mol. The highest BCUT2D eigenvalue weighted by molar-refractivity contribution is 5.81. The van der Waals surface area contributed by atoms with Gasteiger partial charge in [0.1, 0.15) is 5.76 Å². The van der Waals surface area contributed by atoms with Crippen molar-refractivity contribution >= 4 is 5.91 Å². The van der Waals surface area contributed by atoms with E-state index in [1.807, 2.05) is 19.1 Å². The number of furan rings is 1. The fourth-order valence-electron chi connectivity index (χ4n) is 2.59. The molecule has 0 spiro atoms. The molecule has 1 fully saturated rings. The zero-order valence-electron chi connectivity index (χ0n) is 11.7. The van der Waals surface area contributed by atoms with Crippen molar-refractivity contribution in [1.82, 2.24) is 10.2 Å². The third-order valence-electron chi connectivity index (χ3n) is 3.73. The predicted octanol–water partition coefficient (Wildman–Crippen LogP) is 1.10. The van der Waals surface area contributed by atoms with Crippen LogP contribution in [0.4, 0.5) is 0 Å². The van der Waals surface area contributed by atoms with E-state index < -0.39 is 0 Å². The topological polar surface area (TPSA) is 71.5 Å². The highest BCUT2D eigenvalue weighted by atomic mass is 16.3. The number of hydrogen-bond acceptors (Lipinski definition) is 4. The largest absolute Gasteiger partial charge is 0.467 e. The van der Waals surface area contributed by atoms with Gasteiger partial charge in [-0.3, -0.25) is 9.69 Å². The lowest BCUT2D eigenvalue weighted by Gasteiger charge is -2.50. The van der Waals surface area contributed by atoms with Crippen LogP contribution in [0.3, 0.4) is 0 Å². The first-order valence-electron chi connectivity index (χ1n) is 6.87. The molecule has 1 aliphatic rings. The van der Waals surface area contributed by atoms with Crippen LogP contribution in [0.15, 0.2) is 22.8 Å². The quantitative estimate of drug-likeness (QED) is 0.808. The molecule has 2 rings (SSSR count). The van der Waals surface area contributed by atoms with Crippen LogP contribution >= 0.6 is 0 Å². The lowest BCUT2D eigenvalue weighted by Crippen LogP contribution is -2.70. The van der Waals surface area contributed by atoms with Gasteiger partial charge in [-0.2, -0.15) is 0 Å². The van der Waals surface area contributed by atoms with Crippen molar-refractivity contribution in [2.24, 2.45) is 5.73 Å². The average Bonchev–Trinajstić information content (AvgIpc) is 2.85. The summed E-state index contributed by atoms with van der Waals surface area (Å²) < 4.78 is 5.18. The van der Waals surface area contributed by atoms with Crippen LogP contribution in [0.25, 0.3) is 0 Å². The van der Waals surface area contributed by atoms with E-state index in [4.69, 9.17) is 10.2 Å². The molecule has 5 heteroatoms. The zero-order chi connectivity index (χ0) is 13.9. The van der Waals surface area contributed by atoms with Gasteiger partial charge in [-0.1, -0.05) is 13.3 Å². The van der Waals surface area contributed by atoms with Gasteiger partial charge in [0.2, 0.25) is 5.91 Å². The molecule has 106 valence electrons. The molecule has 3 N–H and O–H groups in total. The summed E-state index contributed by atoms with van der Waals surface area (Å²) in [5.74, 6) is 0.790. The molecule has 5 nitrogen and oxygen atoms in total. The van der Waals surface area contributed by atoms with E-state index in [9.17, 15) is 4.79 Å². The molecule has 0 bridgehead atoms. The number of carbonyl (C=O) groups is 1. The summed E-state index contributed by atoms with van der Waals surface area (Å²) in [5.41, 5.74) is 6.11. The minimum atomic E-state index is -0.136. The fraction of sp³-hybridized carbons (Fsp3) is 0.643. The molecule has 1 amide bonds. The highest BCUT2D eigenvalue weighted by Crippen LogP contribution is 2.25. The number of amides is 1. The Hall–Kier alpha value is -1.33. The van der Waals surface area contributed by atoms with Crippen LogP contribution in [0.1, 0.15) is 32.4 Å². The van der Waals surface area contributed by atoms with E-state index in [1.54, 1.807) is 6.26 Å². The van der Waals surface area contributed by atoms with E-state index in [0.717, 1.165) is 31.7 Å². The van der Waals surface area contributed by atoms with E-state index in [0.29, 0.717) is 6.54 Å². The summed E-state index contributed by atoms with van der Waals surface area (Å²) in [6, 6.07) is 3.53. The molecule has 1 atom stereocenters. The lowest BCUT2D eigenvalue weighted by atomic mass is 9.85. The van der Waals surface area contributed by atoms with Gasteiger partial charge in [-0.25, -0.2) is 0 Å². The summed E-state index contributed by atoms with van der Waals surface area (Å²) >= 11 is 0. The van der Waals surface area contributed by atoms with Crippen LogP contribution in [0.5, 0.6) is 0 Å². The minimum absolute atomic E-state index is 0.0231. The van der Waals surface area contributed by atoms with Gasteiger partial charge >= 0.3 is 0 Å². The second kappa shape index (κ2) is 5.75. The minimum Gasteiger partial charge on any atom is -0.467 e. The van der Waals surface area contributed by atoms with Gasteiger partial charge < -0.3 is 15.5 Å². The Morgan fingerprint density at radius 3 is 2.95 bits per heavy atom. The molecule has 0 saturated carbocycles. The number of carbonyl (C=O) groups excluding carboxylic acids is 1. The molecule has 1 aliphatic heterocycles. The summed E-state index contributed by atoms with van der Waals surface area (Å²) in [5, 5.41) is 2.88. The van der Waals surface area contributed by atoms with Crippen LogP contribution in [0, 0.1) is 0 Å². The van der Waals surface area contributed by atoms with Gasteiger partial charge in [0, 0.05) is 18.6 Å². The van der Waals surface area contributed by atoms with E-state index in [-0.39, 0.29) is 17.5 Å². The van der Waals surface area contributed by atoms with Crippen molar-refractivity contribution in [3.8, 4) is 0 Å². The molecular formula is C14H23N3O2. The average molecular weight is 265 g/mol. The first-order chi connectivity index (χ1) is 9.04. The second-order valence-corrected chi connectivity index (χ2v) is 5.49. The van der Waals surface area contributed by atoms with Crippen molar-refractivity contribution in [2.75, 3.05) is 13.1 Å². The molecule has 19 heavy (non-hydrogen) atoms. The fourth-order valence-corrected chi connectivity index (χ4v) is 2.59. The second-order valence-electron chi connectivity index (χ2n) is 5.49. The molecule has 2 heterocycles. The maximum atomic E-state index is 12.0. The normalized spacial score (nSPS) is 19.7. The SMILES string of the molecule is CCCC1(N)CN(C(C)C(=O)NCc2ccco2)C1. The van der Waals surface area contributed by atoms with Gasteiger partial charge in [-0.05, 0) is 25.5 Å². The Labute approximate surface area is 114 Å². The van der Waals surface area contributed by atoms with Gasteiger partial charge in [0.15, 0.2) is 0 Å². The van der Waals surface area contributed by atoms with Gasteiger partial charge in [0.05, 0.1) is 18.8 Å². The van der Waals surface area contributed by atoms with Crippen LogP contribution in [0.2, 0.25) is 0 Å². The van der Waals surface area contributed by atoms with Gasteiger partial charge in [0.25, 0.3) is 0 Å². The molecule has 0 aliphatic carbocycles. The number of likely N-dealkylation sites (tertiary alicyclic amines) is 1. The lowest BCUT2D eigenvalue weighted by molar-refractivity contribution is -0.129. The van der Waals surface area contributed by atoms with Crippen molar-refractivity contribution in [2.45, 2.75) is 44.8 Å². The first-order valence-corrected chi connectivity index (χ1v) is 6.87. The van der Waals surface area contributed by atoms with Crippen LogP contribution in [-0.2, 0) is 11.3 Å². The number of nitrogens with two attached hydrogens (primary N) is 1. The van der Waals surface area contributed by atoms with Crippen molar-refractivity contribution in [1.29, 1.82) is 0 Å². The Balaban J connectivity index is 1.75. The summed E-state index contributed by atoms with van der Waals surface area (Å²) in [4.78, 5) is 14.1. The van der Waals surface area contributed by atoms with E-state index >= 15 is 0 Å². The van der Waals surface area contributed by atoms with Crippen LogP contribution < -0.4 is 11.1 Å². The third kappa shape index (κ3) is 3.36. The van der Waals surface area contributed by atoms with Gasteiger partial charge in [-0.15, -0.1) is 0 Å². The number of rotatable bonds is 6. The molecule has 0 radical (unpaired) electrons. The zero-order valence-corrected chi connectivity index (χ0v) is 11.7. The summed E-state index contributed by atoms with van der Waals surface area (Å²) in [6.07, 6.45) is 3.71. The monoisotopic (exact) mass is 265 g/mol. The third-order valence-corrected chi connectivity index (χ3v) is 3.73. The molecule has 1 saturated heterocycles. The molecule has 1 aromatic heterocycles. The number of nitrogens with one attached hydrogen (secondary N) is 1. The summed E-state index contributed by atoms with van der Waals surface area (Å²) in [7, 11) is 0. The van der Waals surface area contributed by atoms with Crippen molar-refractivity contribution < 1.29 is 9.21 Å². The van der Waals surface area contributed by atoms with E-state index in [2.05, 4.69) is 17.1 Å². The maximum Gasteiger partial charge on any atom is 0.237 e.